The molecule has 5 aliphatic carbocycles. The van der Waals surface area contributed by atoms with Gasteiger partial charge in [0.1, 0.15) is 0 Å². The Morgan fingerprint density at radius 1 is 0.742 bits per heavy atom. The van der Waals surface area contributed by atoms with Gasteiger partial charge < -0.3 is 5.11 Å². The lowest BCUT2D eigenvalue weighted by atomic mass is 9.32. The molecule has 176 valence electrons. The number of fused-ring (bicyclic) bond motifs is 7. The monoisotopic (exact) mass is 426 g/mol. The lowest BCUT2D eigenvalue weighted by Gasteiger charge is -2.73. The summed E-state index contributed by atoms with van der Waals surface area (Å²) >= 11 is 0. The van der Waals surface area contributed by atoms with E-state index < -0.39 is 0 Å². The van der Waals surface area contributed by atoms with Gasteiger partial charge in [-0.3, -0.25) is 0 Å². The summed E-state index contributed by atoms with van der Waals surface area (Å²) in [5, 5.41) is 10.9. The van der Waals surface area contributed by atoms with Crippen LogP contribution in [0, 0.1) is 56.7 Å². The second-order valence-electron chi connectivity index (χ2n) is 14.7. The van der Waals surface area contributed by atoms with Crippen LogP contribution in [0.3, 0.4) is 0 Å². The second-order valence-corrected chi connectivity index (χ2v) is 14.7. The molecule has 31 heavy (non-hydrogen) atoms. The van der Waals surface area contributed by atoms with Gasteiger partial charge in [-0.2, -0.15) is 0 Å². The van der Waals surface area contributed by atoms with Crippen molar-refractivity contribution in [1.29, 1.82) is 0 Å². The molecule has 0 bridgehead atoms. The molecule has 0 saturated heterocycles. The number of aliphatic hydroxyl groups is 1. The summed E-state index contributed by atoms with van der Waals surface area (Å²) in [6.07, 6.45) is 13.4. The zero-order chi connectivity index (χ0) is 22.6. The molecule has 0 spiro atoms. The standard InChI is InChI=1S/C30H50O/c1-19(2)20-11-14-27(5)17-18-29(7)21(25(20)27)9-10-23-28(6)15-13-24(31)26(3,4)22(28)12-16-30(23,29)8/h20-25,31H,1,9-18H2,2-8H3/t20-,21+,22-,23+,24+,25+,27-,28-,29-,30-/m0/s1. The van der Waals surface area contributed by atoms with Crippen LogP contribution in [0.1, 0.15) is 113 Å². The van der Waals surface area contributed by atoms with Gasteiger partial charge in [-0.25, -0.2) is 0 Å². The molecule has 0 unspecified atom stereocenters. The quantitative estimate of drug-likeness (QED) is 0.421. The molecule has 0 aromatic rings. The number of aliphatic hydroxyl groups excluding tert-OH is 1. The molecule has 5 saturated carbocycles. The third-order valence-electron chi connectivity index (χ3n) is 13.5. The van der Waals surface area contributed by atoms with Crippen molar-refractivity contribution in [3.8, 4) is 0 Å². The summed E-state index contributed by atoms with van der Waals surface area (Å²) in [5.74, 6) is 3.98. The Balaban J connectivity index is 1.54. The minimum Gasteiger partial charge on any atom is -0.393 e. The lowest BCUT2D eigenvalue weighted by molar-refractivity contribution is -0.246. The molecule has 0 aromatic carbocycles. The van der Waals surface area contributed by atoms with Crippen LogP contribution < -0.4 is 0 Å². The first-order valence-electron chi connectivity index (χ1n) is 13.6. The number of allylic oxidation sites excluding steroid dienone is 1. The van der Waals surface area contributed by atoms with E-state index in [0.717, 1.165) is 30.1 Å². The van der Waals surface area contributed by atoms with Crippen LogP contribution in [0.5, 0.6) is 0 Å². The molecular formula is C30H50O. The minimum atomic E-state index is -0.118. The van der Waals surface area contributed by atoms with E-state index in [4.69, 9.17) is 0 Å². The first-order valence-corrected chi connectivity index (χ1v) is 13.6. The van der Waals surface area contributed by atoms with Gasteiger partial charge in [-0.05, 0) is 128 Å². The van der Waals surface area contributed by atoms with E-state index in [1.807, 2.05) is 0 Å². The van der Waals surface area contributed by atoms with Gasteiger partial charge in [0, 0.05) is 0 Å². The Kier molecular flexibility index (Phi) is 4.82. The third kappa shape index (κ3) is 2.65. The fourth-order valence-corrected chi connectivity index (χ4v) is 11.5. The first-order chi connectivity index (χ1) is 14.3. The van der Waals surface area contributed by atoms with E-state index in [2.05, 4.69) is 55.0 Å². The first kappa shape index (κ1) is 22.5. The fourth-order valence-electron chi connectivity index (χ4n) is 11.5. The van der Waals surface area contributed by atoms with Crippen molar-refractivity contribution in [2.24, 2.45) is 56.7 Å². The minimum absolute atomic E-state index is 0.0632. The third-order valence-corrected chi connectivity index (χ3v) is 13.5. The molecule has 5 rings (SSSR count). The molecule has 5 fully saturated rings. The maximum absolute atomic E-state index is 10.9. The average molecular weight is 427 g/mol. The summed E-state index contributed by atoms with van der Waals surface area (Å²) in [5.41, 5.74) is 3.38. The van der Waals surface area contributed by atoms with Gasteiger partial charge in [0.05, 0.1) is 6.10 Å². The van der Waals surface area contributed by atoms with Crippen LogP contribution in [0.2, 0.25) is 0 Å². The van der Waals surface area contributed by atoms with Gasteiger partial charge >= 0.3 is 0 Å². The molecule has 0 radical (unpaired) electrons. The Morgan fingerprint density at radius 3 is 2.13 bits per heavy atom. The fraction of sp³-hybridized carbons (Fsp3) is 0.933. The van der Waals surface area contributed by atoms with Crippen molar-refractivity contribution in [3.63, 3.8) is 0 Å². The molecule has 0 amide bonds. The smallest absolute Gasteiger partial charge is 0.0594 e. The highest BCUT2D eigenvalue weighted by molar-refractivity contribution is 5.21. The zero-order valence-corrected chi connectivity index (χ0v) is 21.7. The predicted octanol–water partition coefficient (Wildman–Crippen LogP) is 8.02. The largest absolute Gasteiger partial charge is 0.393 e. The van der Waals surface area contributed by atoms with Crippen molar-refractivity contribution < 1.29 is 5.11 Å². The van der Waals surface area contributed by atoms with Crippen molar-refractivity contribution in [2.75, 3.05) is 0 Å². The molecule has 0 aromatic heterocycles. The summed E-state index contributed by atoms with van der Waals surface area (Å²) < 4.78 is 0. The van der Waals surface area contributed by atoms with Gasteiger partial charge in [-0.15, -0.1) is 0 Å². The van der Waals surface area contributed by atoms with Gasteiger partial charge in [0.2, 0.25) is 0 Å². The molecule has 1 heteroatoms. The van der Waals surface area contributed by atoms with E-state index in [1.54, 1.807) is 0 Å². The summed E-state index contributed by atoms with van der Waals surface area (Å²) in [4.78, 5) is 0. The van der Waals surface area contributed by atoms with E-state index in [-0.39, 0.29) is 11.5 Å². The van der Waals surface area contributed by atoms with Crippen molar-refractivity contribution in [2.45, 2.75) is 119 Å². The van der Waals surface area contributed by atoms with Crippen LogP contribution in [-0.2, 0) is 0 Å². The molecule has 0 heterocycles. The Labute approximate surface area is 192 Å². The second kappa shape index (κ2) is 6.64. The van der Waals surface area contributed by atoms with E-state index in [9.17, 15) is 5.11 Å². The maximum atomic E-state index is 10.9. The summed E-state index contributed by atoms with van der Waals surface area (Å²) in [7, 11) is 0. The van der Waals surface area contributed by atoms with Crippen LogP contribution in [0.25, 0.3) is 0 Å². The lowest BCUT2D eigenvalue weighted by Crippen LogP contribution is -2.66. The number of hydrogen-bond donors (Lipinski definition) is 1. The molecular weight excluding hydrogens is 376 g/mol. The summed E-state index contributed by atoms with van der Waals surface area (Å²) in [6, 6.07) is 0. The van der Waals surface area contributed by atoms with Gasteiger partial charge in [-0.1, -0.05) is 53.7 Å². The topological polar surface area (TPSA) is 20.2 Å². The maximum Gasteiger partial charge on any atom is 0.0594 e. The van der Waals surface area contributed by atoms with E-state index in [0.29, 0.717) is 27.6 Å². The Hall–Kier alpha value is -0.300. The number of hydrogen-bond acceptors (Lipinski definition) is 1. The predicted molar refractivity (Wildman–Crippen MR) is 131 cm³/mol. The van der Waals surface area contributed by atoms with Crippen LogP contribution >= 0.6 is 0 Å². The normalized spacial score (nSPS) is 57.9. The van der Waals surface area contributed by atoms with Gasteiger partial charge in [0.25, 0.3) is 0 Å². The highest BCUT2D eigenvalue weighted by atomic mass is 16.3. The van der Waals surface area contributed by atoms with Crippen LogP contribution in [-0.4, -0.2) is 11.2 Å². The van der Waals surface area contributed by atoms with Crippen LogP contribution in [0.4, 0.5) is 0 Å². The molecule has 10 atom stereocenters. The molecule has 0 aliphatic heterocycles. The van der Waals surface area contributed by atoms with Crippen LogP contribution in [0.15, 0.2) is 12.2 Å². The van der Waals surface area contributed by atoms with Crippen molar-refractivity contribution >= 4 is 0 Å². The Morgan fingerprint density at radius 2 is 1.45 bits per heavy atom. The summed E-state index contributed by atoms with van der Waals surface area (Å²) in [6.45, 7) is 22.3. The molecule has 5 aliphatic rings. The van der Waals surface area contributed by atoms with E-state index in [1.165, 1.54) is 63.4 Å². The van der Waals surface area contributed by atoms with Crippen molar-refractivity contribution in [3.05, 3.63) is 12.2 Å². The Bertz CT molecular complexity index is 766. The average Bonchev–Trinajstić information content (AvgIpc) is 3.04. The number of rotatable bonds is 1. The molecule has 1 nitrogen and oxygen atoms in total. The van der Waals surface area contributed by atoms with Crippen molar-refractivity contribution in [1.82, 2.24) is 0 Å². The highest BCUT2D eigenvalue weighted by Crippen LogP contribution is 2.77. The van der Waals surface area contributed by atoms with Gasteiger partial charge in [0.15, 0.2) is 0 Å². The van der Waals surface area contributed by atoms with E-state index >= 15 is 0 Å². The molecule has 1 N–H and O–H groups in total. The SMILES string of the molecule is C=C(C)[C@@H]1CC[C@@]2(C)CC[C@@]3(C)[C@H](CC[C@@H]4[C@@]5(C)CC[C@@H](O)C(C)(C)[C@@H]5CC[C@@]43C)[C@@H]12. The zero-order valence-electron chi connectivity index (χ0n) is 21.7. The highest BCUT2D eigenvalue weighted by Gasteiger charge is 2.70.